The largest absolute Gasteiger partial charge is 0.508 e. The van der Waals surface area contributed by atoms with Crippen molar-refractivity contribution in [2.45, 2.75) is 45.2 Å². The summed E-state index contributed by atoms with van der Waals surface area (Å²) >= 11 is 0. The van der Waals surface area contributed by atoms with E-state index in [9.17, 15) is 9.90 Å². The first-order valence-corrected chi connectivity index (χ1v) is 6.92. The number of nitrogens with one attached hydrogen (secondary N) is 2. The molecule has 1 heterocycles. The van der Waals surface area contributed by atoms with Crippen LogP contribution >= 0.6 is 0 Å². The molecule has 4 heteroatoms. The van der Waals surface area contributed by atoms with Gasteiger partial charge < -0.3 is 15.7 Å². The van der Waals surface area contributed by atoms with Crippen molar-refractivity contribution < 1.29 is 9.90 Å². The first kappa shape index (κ1) is 13.9. The van der Waals surface area contributed by atoms with Crippen LogP contribution in [0.15, 0.2) is 18.2 Å². The van der Waals surface area contributed by atoms with E-state index in [-0.39, 0.29) is 17.7 Å². The molecule has 2 unspecified atom stereocenters. The van der Waals surface area contributed by atoms with E-state index in [0.29, 0.717) is 17.2 Å². The molecule has 0 saturated carbocycles. The van der Waals surface area contributed by atoms with Crippen LogP contribution in [0.25, 0.3) is 0 Å². The number of aromatic hydroxyl groups is 1. The van der Waals surface area contributed by atoms with Crippen molar-refractivity contribution >= 4 is 5.91 Å². The van der Waals surface area contributed by atoms with Crippen LogP contribution < -0.4 is 10.6 Å². The minimum absolute atomic E-state index is 0.0922. The highest BCUT2D eigenvalue weighted by atomic mass is 16.3. The molecule has 0 spiro atoms. The Balaban J connectivity index is 2.02. The zero-order valence-corrected chi connectivity index (χ0v) is 11.6. The molecule has 1 aromatic carbocycles. The average molecular weight is 262 g/mol. The number of phenols is 1. The van der Waals surface area contributed by atoms with Gasteiger partial charge in [-0.25, -0.2) is 0 Å². The van der Waals surface area contributed by atoms with Gasteiger partial charge in [0.2, 0.25) is 0 Å². The normalized spacial score (nSPS) is 20.8. The molecule has 104 valence electrons. The Bertz CT molecular complexity index is 453. The van der Waals surface area contributed by atoms with Gasteiger partial charge in [0.25, 0.3) is 5.91 Å². The molecule has 1 aromatic rings. The Morgan fingerprint density at radius 2 is 2.26 bits per heavy atom. The highest BCUT2D eigenvalue weighted by Crippen LogP contribution is 2.19. The predicted molar refractivity (Wildman–Crippen MR) is 75.4 cm³/mol. The molecule has 0 aromatic heterocycles. The second-order valence-electron chi connectivity index (χ2n) is 5.27. The van der Waals surface area contributed by atoms with E-state index in [1.165, 1.54) is 12.8 Å². The minimum Gasteiger partial charge on any atom is -0.508 e. The molecule has 0 bridgehead atoms. The summed E-state index contributed by atoms with van der Waals surface area (Å²) < 4.78 is 0. The quantitative estimate of drug-likeness (QED) is 0.780. The third kappa shape index (κ3) is 3.26. The molecule has 0 aliphatic carbocycles. The van der Waals surface area contributed by atoms with Crippen molar-refractivity contribution in [1.82, 2.24) is 10.6 Å². The monoisotopic (exact) mass is 262 g/mol. The Morgan fingerprint density at radius 3 is 2.95 bits per heavy atom. The van der Waals surface area contributed by atoms with Crippen molar-refractivity contribution in [2.24, 2.45) is 0 Å². The predicted octanol–water partition coefficient (Wildman–Crippen LogP) is 1.96. The lowest BCUT2D eigenvalue weighted by molar-refractivity contribution is 0.0927. The molecule has 3 N–H and O–H groups in total. The standard InChI is InChI=1S/C15H22N2O2/c1-10-12(6-5-8-14(10)18)15(19)17-11(2)13-7-3-4-9-16-13/h5-6,8,11,13,16,18H,3-4,7,9H2,1-2H3,(H,17,19). The number of phenolic OH excluding ortho intramolecular Hbond substituents is 1. The summed E-state index contributed by atoms with van der Waals surface area (Å²) in [6.45, 7) is 4.81. The number of carbonyl (C=O) groups excluding carboxylic acids is 1. The van der Waals surface area contributed by atoms with Crippen LogP contribution in [0.1, 0.15) is 42.1 Å². The fraction of sp³-hybridized carbons (Fsp3) is 0.533. The lowest BCUT2D eigenvalue weighted by Gasteiger charge is -2.29. The Labute approximate surface area is 114 Å². The third-order valence-electron chi connectivity index (χ3n) is 3.86. The maximum absolute atomic E-state index is 12.2. The van der Waals surface area contributed by atoms with Crippen molar-refractivity contribution in [2.75, 3.05) is 6.54 Å². The van der Waals surface area contributed by atoms with Crippen LogP contribution in [0.2, 0.25) is 0 Å². The van der Waals surface area contributed by atoms with Gasteiger partial charge in [-0.2, -0.15) is 0 Å². The van der Waals surface area contributed by atoms with Crippen LogP contribution in [-0.4, -0.2) is 29.6 Å². The molecule has 1 saturated heterocycles. The number of rotatable bonds is 3. The Hall–Kier alpha value is -1.55. The second kappa shape index (κ2) is 6.06. The molecule has 1 fully saturated rings. The maximum atomic E-state index is 12.2. The number of amides is 1. The fourth-order valence-electron chi connectivity index (χ4n) is 2.56. The van der Waals surface area contributed by atoms with Gasteiger partial charge in [-0.1, -0.05) is 12.5 Å². The molecule has 1 amide bonds. The highest BCUT2D eigenvalue weighted by Gasteiger charge is 2.22. The number of carbonyl (C=O) groups is 1. The summed E-state index contributed by atoms with van der Waals surface area (Å²) in [4.78, 5) is 12.2. The molecule has 4 nitrogen and oxygen atoms in total. The van der Waals surface area contributed by atoms with Crippen LogP contribution in [0.5, 0.6) is 5.75 Å². The van der Waals surface area contributed by atoms with Gasteiger partial charge in [0.05, 0.1) is 0 Å². The Kier molecular flexibility index (Phi) is 4.43. The molecule has 1 aliphatic rings. The summed E-state index contributed by atoms with van der Waals surface area (Å²) in [6, 6.07) is 5.47. The van der Waals surface area contributed by atoms with E-state index in [4.69, 9.17) is 0 Å². The minimum atomic E-state index is -0.117. The zero-order chi connectivity index (χ0) is 13.8. The molecule has 1 aliphatic heterocycles. The van der Waals surface area contributed by atoms with Gasteiger partial charge in [-0.05, 0) is 45.4 Å². The first-order valence-electron chi connectivity index (χ1n) is 6.92. The highest BCUT2D eigenvalue weighted by molar-refractivity contribution is 5.96. The van der Waals surface area contributed by atoms with E-state index < -0.39 is 0 Å². The summed E-state index contributed by atoms with van der Waals surface area (Å²) in [7, 11) is 0. The molecular weight excluding hydrogens is 240 g/mol. The van der Waals surface area contributed by atoms with Crippen molar-refractivity contribution in [3.05, 3.63) is 29.3 Å². The molecular formula is C15H22N2O2. The van der Waals surface area contributed by atoms with Gasteiger partial charge in [0.1, 0.15) is 5.75 Å². The van der Waals surface area contributed by atoms with E-state index in [2.05, 4.69) is 10.6 Å². The van der Waals surface area contributed by atoms with Crippen LogP contribution in [-0.2, 0) is 0 Å². The number of hydrogen-bond acceptors (Lipinski definition) is 3. The van der Waals surface area contributed by atoms with E-state index in [1.807, 2.05) is 6.92 Å². The van der Waals surface area contributed by atoms with E-state index >= 15 is 0 Å². The van der Waals surface area contributed by atoms with Crippen molar-refractivity contribution in [1.29, 1.82) is 0 Å². The lowest BCUT2D eigenvalue weighted by Crippen LogP contribution is -2.50. The van der Waals surface area contributed by atoms with Crippen LogP contribution in [0.4, 0.5) is 0 Å². The molecule has 2 atom stereocenters. The zero-order valence-electron chi connectivity index (χ0n) is 11.6. The number of hydrogen-bond donors (Lipinski definition) is 3. The van der Waals surface area contributed by atoms with Gasteiger partial charge in [0, 0.05) is 23.2 Å². The second-order valence-corrected chi connectivity index (χ2v) is 5.27. The fourth-order valence-corrected chi connectivity index (χ4v) is 2.56. The average Bonchev–Trinajstić information content (AvgIpc) is 2.42. The van der Waals surface area contributed by atoms with Crippen molar-refractivity contribution in [3.8, 4) is 5.75 Å². The summed E-state index contributed by atoms with van der Waals surface area (Å²) in [6.07, 6.45) is 3.52. The van der Waals surface area contributed by atoms with Gasteiger partial charge >= 0.3 is 0 Å². The van der Waals surface area contributed by atoms with E-state index in [0.717, 1.165) is 13.0 Å². The Morgan fingerprint density at radius 1 is 1.47 bits per heavy atom. The first-order chi connectivity index (χ1) is 9.09. The maximum Gasteiger partial charge on any atom is 0.251 e. The smallest absolute Gasteiger partial charge is 0.251 e. The molecule has 0 radical (unpaired) electrons. The van der Waals surface area contributed by atoms with Crippen LogP contribution in [0, 0.1) is 6.92 Å². The molecule has 19 heavy (non-hydrogen) atoms. The van der Waals surface area contributed by atoms with Crippen molar-refractivity contribution in [3.63, 3.8) is 0 Å². The summed E-state index contributed by atoms with van der Waals surface area (Å²) in [5.74, 6) is 0.0457. The van der Waals surface area contributed by atoms with E-state index in [1.54, 1.807) is 25.1 Å². The lowest BCUT2D eigenvalue weighted by atomic mass is 9.98. The summed E-state index contributed by atoms with van der Waals surface area (Å²) in [5.41, 5.74) is 1.17. The number of benzene rings is 1. The molecule has 2 rings (SSSR count). The summed E-state index contributed by atoms with van der Waals surface area (Å²) in [5, 5.41) is 16.1. The van der Waals surface area contributed by atoms with Gasteiger partial charge in [-0.15, -0.1) is 0 Å². The van der Waals surface area contributed by atoms with Gasteiger partial charge in [-0.3, -0.25) is 4.79 Å². The number of piperidine rings is 1. The van der Waals surface area contributed by atoms with Gasteiger partial charge in [0.15, 0.2) is 0 Å². The third-order valence-corrected chi connectivity index (χ3v) is 3.86. The van der Waals surface area contributed by atoms with Crippen LogP contribution in [0.3, 0.4) is 0 Å². The topological polar surface area (TPSA) is 61.4 Å². The SMILES string of the molecule is Cc1c(O)cccc1C(=O)NC(C)C1CCCCN1.